The summed E-state index contributed by atoms with van der Waals surface area (Å²) in [4.78, 5) is 23.6. The van der Waals surface area contributed by atoms with Crippen LogP contribution in [0.25, 0.3) is 22.0 Å². The van der Waals surface area contributed by atoms with Crippen molar-refractivity contribution in [2.24, 2.45) is 0 Å². The summed E-state index contributed by atoms with van der Waals surface area (Å²) in [6, 6.07) is 10.9. The average Bonchev–Trinajstić information content (AvgIpc) is 3.31. The lowest BCUT2D eigenvalue weighted by Crippen LogP contribution is -2.13. The van der Waals surface area contributed by atoms with Gasteiger partial charge in [0, 0.05) is 42.0 Å². The molecule has 0 radical (unpaired) electrons. The Morgan fingerprint density at radius 2 is 2.03 bits per heavy atom. The number of carbonyl (C=O) groups excluding carboxylic acids is 1. The summed E-state index contributed by atoms with van der Waals surface area (Å²) in [6.07, 6.45) is 12.5. The number of amides is 1. The Morgan fingerprint density at radius 1 is 1.19 bits per heavy atom. The molecule has 3 aromatic heterocycles. The van der Waals surface area contributed by atoms with Gasteiger partial charge in [0.25, 0.3) is 5.91 Å². The second-order valence-electron chi connectivity index (χ2n) is 8.41. The highest BCUT2D eigenvalue weighted by atomic mass is 19.1. The van der Waals surface area contributed by atoms with Crippen LogP contribution in [0.1, 0.15) is 23.0 Å². The van der Waals surface area contributed by atoms with Gasteiger partial charge < -0.3 is 15.0 Å². The molecule has 0 bridgehead atoms. The third-order valence-electron chi connectivity index (χ3n) is 5.32. The molecule has 3 heterocycles. The molecule has 0 saturated heterocycles. The highest BCUT2D eigenvalue weighted by molar-refractivity contribution is 6.11. The van der Waals surface area contributed by atoms with E-state index in [1.165, 1.54) is 18.3 Å². The molecule has 0 fully saturated rings. The molecule has 4 aromatic rings. The number of ether oxygens (including phenoxy) is 1. The molecule has 0 saturated carbocycles. The normalized spacial score (nSPS) is 12.0. The van der Waals surface area contributed by atoms with Crippen LogP contribution in [0.2, 0.25) is 0 Å². The Bertz CT molecular complexity index is 1530. The fourth-order valence-electron chi connectivity index (χ4n) is 3.67. The lowest BCUT2D eigenvalue weighted by Gasteiger charge is -2.10. The van der Waals surface area contributed by atoms with E-state index in [1.54, 1.807) is 19.2 Å². The zero-order chi connectivity index (χ0) is 26.4. The Balaban J connectivity index is 1.52. The Kier molecular flexibility index (Phi) is 7.71. The van der Waals surface area contributed by atoms with E-state index in [2.05, 4.69) is 42.4 Å². The Morgan fingerprint density at radius 3 is 2.73 bits per heavy atom. The number of terminal acetylenes is 1. The second-order valence-corrected chi connectivity index (χ2v) is 8.41. The Labute approximate surface area is 213 Å². The van der Waals surface area contributed by atoms with E-state index >= 15 is 0 Å². The number of rotatable bonds is 8. The van der Waals surface area contributed by atoms with Gasteiger partial charge in [-0.05, 0) is 62.5 Å². The molecule has 9 heteroatoms. The van der Waals surface area contributed by atoms with Crippen molar-refractivity contribution in [1.29, 1.82) is 0 Å². The molecule has 0 atom stereocenters. The molecule has 0 spiro atoms. The minimum absolute atomic E-state index is 0.0523. The number of hydrogen-bond acceptors (Lipinski definition) is 6. The maximum atomic E-state index is 13.9. The van der Waals surface area contributed by atoms with Crippen LogP contribution < -0.4 is 10.1 Å². The molecule has 0 aliphatic rings. The molecule has 1 aromatic carbocycles. The van der Waals surface area contributed by atoms with Gasteiger partial charge in [0.05, 0.1) is 17.4 Å². The minimum atomic E-state index is -0.686. The maximum absolute atomic E-state index is 13.9. The lowest BCUT2D eigenvalue weighted by molar-refractivity contribution is 0.102. The van der Waals surface area contributed by atoms with Crippen LogP contribution >= 0.6 is 0 Å². The monoisotopic (exact) mass is 496 g/mol. The van der Waals surface area contributed by atoms with Crippen molar-refractivity contribution in [2.45, 2.75) is 13.5 Å². The topological polar surface area (TPSA) is 96.0 Å². The molecule has 0 unspecified atom stereocenters. The van der Waals surface area contributed by atoms with E-state index in [4.69, 9.17) is 11.2 Å². The lowest BCUT2D eigenvalue weighted by atomic mass is 10.0. The highest BCUT2D eigenvalue weighted by Crippen LogP contribution is 2.26. The number of anilines is 1. The Hall–Kier alpha value is -4.81. The molecular formula is C28H25FN6O2. The van der Waals surface area contributed by atoms with E-state index in [0.717, 1.165) is 34.8 Å². The zero-order valence-electron chi connectivity index (χ0n) is 20.6. The van der Waals surface area contributed by atoms with Gasteiger partial charge in [-0.25, -0.2) is 9.37 Å². The molecule has 0 aliphatic heterocycles. The molecule has 8 nitrogen and oxygen atoms in total. The first-order valence-corrected chi connectivity index (χ1v) is 11.4. The number of aromatic nitrogens is 4. The average molecular weight is 497 g/mol. The van der Waals surface area contributed by atoms with E-state index < -0.39 is 11.7 Å². The maximum Gasteiger partial charge on any atom is 0.276 e. The van der Waals surface area contributed by atoms with Crippen LogP contribution in [0, 0.1) is 12.3 Å². The van der Waals surface area contributed by atoms with Gasteiger partial charge in [0.15, 0.2) is 17.3 Å². The smallest absolute Gasteiger partial charge is 0.276 e. The summed E-state index contributed by atoms with van der Waals surface area (Å²) < 4.78 is 19.3. The number of aromatic amines is 1. The van der Waals surface area contributed by atoms with E-state index in [-0.39, 0.29) is 17.3 Å². The molecular weight excluding hydrogens is 471 g/mol. The standard InChI is InChI=1S/C28H25FN6O2/c1-5-7-23(29)25(6-2)37-26-11-9-21(16-31-26)32-28(36)27-22-13-19(8-10-24(22)33-34-27)20-12-18(14-30-15-20)17-35(3)4/h1,6-16H,17H2,2-4H3,(H,32,36)(H,33,34)/b23-7+,25-6+. The van der Waals surface area contributed by atoms with Gasteiger partial charge in [-0.1, -0.05) is 12.0 Å². The fourth-order valence-corrected chi connectivity index (χ4v) is 3.67. The van der Waals surface area contributed by atoms with Crippen LogP contribution in [0.3, 0.4) is 0 Å². The quantitative estimate of drug-likeness (QED) is 0.200. The summed E-state index contributed by atoms with van der Waals surface area (Å²) in [5.74, 6) is 1.11. The van der Waals surface area contributed by atoms with Gasteiger partial charge >= 0.3 is 0 Å². The third-order valence-corrected chi connectivity index (χ3v) is 5.32. The fraction of sp³-hybridized carbons (Fsp3) is 0.143. The number of nitrogens with one attached hydrogen (secondary N) is 2. The van der Waals surface area contributed by atoms with Gasteiger partial charge in [-0.3, -0.25) is 14.9 Å². The van der Waals surface area contributed by atoms with E-state index in [9.17, 15) is 9.18 Å². The number of fused-ring (bicyclic) bond motifs is 1. The first-order valence-electron chi connectivity index (χ1n) is 11.4. The summed E-state index contributed by atoms with van der Waals surface area (Å²) in [5, 5.41) is 10.6. The van der Waals surface area contributed by atoms with Crippen molar-refractivity contribution in [1.82, 2.24) is 25.1 Å². The van der Waals surface area contributed by atoms with Crippen LogP contribution in [-0.4, -0.2) is 45.1 Å². The zero-order valence-corrected chi connectivity index (χ0v) is 20.6. The number of H-pyrrole nitrogens is 1. The summed E-state index contributed by atoms with van der Waals surface area (Å²) in [6.45, 7) is 2.39. The van der Waals surface area contributed by atoms with Crippen molar-refractivity contribution >= 4 is 22.5 Å². The predicted octanol–water partition coefficient (Wildman–Crippen LogP) is 5.10. The van der Waals surface area contributed by atoms with E-state index in [0.29, 0.717) is 11.1 Å². The first-order chi connectivity index (χ1) is 17.9. The molecule has 1 amide bonds. The van der Waals surface area contributed by atoms with Crippen LogP contribution in [-0.2, 0) is 6.54 Å². The van der Waals surface area contributed by atoms with Crippen molar-refractivity contribution in [2.75, 3.05) is 19.4 Å². The first kappa shape index (κ1) is 25.3. The number of nitrogens with zero attached hydrogens (tertiary/aromatic N) is 4. The number of pyridine rings is 2. The van der Waals surface area contributed by atoms with Crippen molar-refractivity contribution in [3.05, 3.63) is 90.0 Å². The number of allylic oxidation sites excluding steroid dienone is 3. The van der Waals surface area contributed by atoms with Crippen LogP contribution in [0.5, 0.6) is 5.88 Å². The second kappa shape index (κ2) is 11.3. The number of benzene rings is 1. The largest absolute Gasteiger partial charge is 0.436 e. The highest BCUT2D eigenvalue weighted by Gasteiger charge is 2.16. The van der Waals surface area contributed by atoms with Crippen molar-refractivity contribution in [3.8, 4) is 29.4 Å². The minimum Gasteiger partial charge on any atom is -0.436 e. The predicted molar refractivity (Wildman–Crippen MR) is 141 cm³/mol. The summed E-state index contributed by atoms with van der Waals surface area (Å²) in [5.41, 5.74) is 4.35. The van der Waals surface area contributed by atoms with Gasteiger partial charge in [-0.15, -0.1) is 6.42 Å². The van der Waals surface area contributed by atoms with Crippen molar-refractivity contribution < 1.29 is 13.9 Å². The third kappa shape index (κ3) is 6.07. The van der Waals surface area contributed by atoms with Crippen LogP contribution in [0.15, 0.2) is 78.7 Å². The number of carbonyl (C=O) groups is 1. The van der Waals surface area contributed by atoms with Crippen molar-refractivity contribution in [3.63, 3.8) is 0 Å². The molecule has 186 valence electrons. The molecule has 2 N–H and O–H groups in total. The number of hydrogen-bond donors (Lipinski definition) is 2. The van der Waals surface area contributed by atoms with E-state index in [1.807, 2.05) is 38.5 Å². The van der Waals surface area contributed by atoms with Crippen LogP contribution in [0.4, 0.5) is 10.1 Å². The number of halogens is 1. The van der Waals surface area contributed by atoms with Gasteiger partial charge in [-0.2, -0.15) is 5.10 Å². The summed E-state index contributed by atoms with van der Waals surface area (Å²) in [7, 11) is 4.01. The summed E-state index contributed by atoms with van der Waals surface area (Å²) >= 11 is 0. The van der Waals surface area contributed by atoms with Gasteiger partial charge in [0.1, 0.15) is 0 Å². The molecule has 4 rings (SSSR count). The molecule has 0 aliphatic carbocycles. The SMILES string of the molecule is C#C/C=C(F)\C(=C/C)Oc1ccc(NC(=O)c2n[nH]c3ccc(-c4cncc(CN(C)C)c4)cc23)cn1. The van der Waals surface area contributed by atoms with Gasteiger partial charge in [0.2, 0.25) is 5.88 Å². The molecule has 37 heavy (non-hydrogen) atoms.